The highest BCUT2D eigenvalue weighted by Crippen LogP contribution is 2.44. The fourth-order valence-corrected chi connectivity index (χ4v) is 4.55. The Bertz CT molecular complexity index is 1020. The largest absolute Gasteiger partial charge is 0.493 e. The summed E-state index contributed by atoms with van der Waals surface area (Å²) in [4.78, 5) is 7.14. The molecule has 0 amide bonds. The van der Waals surface area contributed by atoms with Gasteiger partial charge in [-0.2, -0.15) is 0 Å². The molecule has 0 radical (unpaired) electrons. The Hall–Kier alpha value is -2.18. The third-order valence-corrected chi connectivity index (χ3v) is 5.82. The zero-order chi connectivity index (χ0) is 20.8. The predicted octanol–water partition coefficient (Wildman–Crippen LogP) is 5.06. The van der Waals surface area contributed by atoms with Crippen LogP contribution in [0.15, 0.2) is 36.7 Å². The van der Waals surface area contributed by atoms with Gasteiger partial charge in [-0.25, -0.2) is 8.78 Å². The number of alkyl halides is 2. The van der Waals surface area contributed by atoms with Crippen molar-refractivity contribution in [2.75, 3.05) is 6.61 Å². The molecule has 3 aromatic rings. The molecule has 1 aromatic carbocycles. The second-order valence-electron chi connectivity index (χ2n) is 8.44. The third-order valence-electron chi connectivity index (χ3n) is 5.61. The predicted molar refractivity (Wildman–Crippen MR) is 109 cm³/mol. The Morgan fingerprint density at radius 2 is 2.10 bits per heavy atom. The summed E-state index contributed by atoms with van der Waals surface area (Å²) < 4.78 is 33.9. The average Bonchev–Trinajstić information content (AvgIpc) is 3.25. The van der Waals surface area contributed by atoms with Crippen LogP contribution in [0.5, 0.6) is 5.75 Å². The molecule has 0 saturated carbocycles. The molecule has 2 N–H and O–H groups in total. The SMILES string of the molecule is CC(C)(CC(O)(Cc1cc2cnccc2[nH]1)C(F)F)c1cc(Cl)cc2c1OCC2. The molecule has 1 aliphatic heterocycles. The first-order valence-electron chi connectivity index (χ1n) is 9.56. The lowest BCUT2D eigenvalue weighted by molar-refractivity contribution is -0.110. The van der Waals surface area contributed by atoms with E-state index >= 15 is 0 Å². The number of ether oxygens (including phenoxy) is 1. The number of rotatable bonds is 6. The van der Waals surface area contributed by atoms with Crippen LogP contribution in [-0.4, -0.2) is 33.7 Å². The van der Waals surface area contributed by atoms with Crippen LogP contribution in [0, 0.1) is 0 Å². The van der Waals surface area contributed by atoms with Crippen LogP contribution in [0.1, 0.15) is 37.1 Å². The Morgan fingerprint density at radius 1 is 1.31 bits per heavy atom. The van der Waals surface area contributed by atoms with Gasteiger partial charge in [-0.1, -0.05) is 25.4 Å². The van der Waals surface area contributed by atoms with E-state index in [0.29, 0.717) is 23.1 Å². The van der Waals surface area contributed by atoms with E-state index < -0.39 is 17.4 Å². The number of aromatic nitrogens is 2. The van der Waals surface area contributed by atoms with E-state index in [9.17, 15) is 13.9 Å². The van der Waals surface area contributed by atoms with E-state index in [0.717, 1.165) is 28.5 Å². The quantitative estimate of drug-likeness (QED) is 0.586. The van der Waals surface area contributed by atoms with Crippen molar-refractivity contribution in [2.24, 2.45) is 0 Å². The summed E-state index contributed by atoms with van der Waals surface area (Å²) in [6.45, 7) is 4.22. The molecular weight excluding hydrogens is 398 g/mol. The monoisotopic (exact) mass is 420 g/mol. The molecule has 1 aliphatic rings. The number of H-pyrrole nitrogens is 1. The number of pyridine rings is 1. The van der Waals surface area contributed by atoms with Gasteiger partial charge in [0.25, 0.3) is 6.43 Å². The van der Waals surface area contributed by atoms with Gasteiger partial charge in [0.05, 0.1) is 6.61 Å². The number of fused-ring (bicyclic) bond motifs is 2. The maximum atomic E-state index is 14.1. The average molecular weight is 421 g/mol. The van der Waals surface area contributed by atoms with Gasteiger partial charge in [-0.15, -0.1) is 0 Å². The first kappa shape index (κ1) is 20.1. The normalized spacial score (nSPS) is 16.1. The Kier molecular flexibility index (Phi) is 5.03. The van der Waals surface area contributed by atoms with Crippen LogP contribution in [0.25, 0.3) is 10.9 Å². The van der Waals surface area contributed by atoms with Crippen LogP contribution in [0.2, 0.25) is 5.02 Å². The van der Waals surface area contributed by atoms with Gasteiger partial charge >= 0.3 is 0 Å². The van der Waals surface area contributed by atoms with Gasteiger partial charge in [0, 0.05) is 52.4 Å². The molecule has 3 heterocycles. The van der Waals surface area contributed by atoms with Crippen LogP contribution in [-0.2, 0) is 18.3 Å². The minimum Gasteiger partial charge on any atom is -0.493 e. The fraction of sp³-hybridized carbons (Fsp3) is 0.409. The Balaban J connectivity index is 1.67. The van der Waals surface area contributed by atoms with Crippen LogP contribution in [0.3, 0.4) is 0 Å². The third kappa shape index (κ3) is 3.83. The molecule has 0 saturated heterocycles. The highest BCUT2D eigenvalue weighted by molar-refractivity contribution is 6.30. The van der Waals surface area contributed by atoms with Crippen molar-refractivity contribution >= 4 is 22.5 Å². The molecule has 0 fully saturated rings. The lowest BCUT2D eigenvalue weighted by Crippen LogP contribution is -2.45. The van der Waals surface area contributed by atoms with E-state index in [2.05, 4.69) is 9.97 Å². The van der Waals surface area contributed by atoms with Crippen molar-refractivity contribution in [3.05, 3.63) is 58.5 Å². The van der Waals surface area contributed by atoms with Crippen molar-refractivity contribution in [3.8, 4) is 5.75 Å². The number of hydrogen-bond donors (Lipinski definition) is 2. The second-order valence-corrected chi connectivity index (χ2v) is 8.88. The lowest BCUT2D eigenvalue weighted by Gasteiger charge is -2.36. The molecule has 154 valence electrons. The minimum atomic E-state index is -2.92. The van der Waals surface area contributed by atoms with Gasteiger partial charge in [0.2, 0.25) is 0 Å². The standard InChI is InChI=1S/C22H23ClF2N2O2/c1-21(2,17-9-15(23)7-13-4-6-29-19(13)17)12-22(28,20(24)25)10-16-8-14-11-26-5-3-18(14)27-16/h3,5,7-9,11,20,27-28H,4,6,10,12H2,1-2H3. The lowest BCUT2D eigenvalue weighted by atomic mass is 9.73. The first-order valence-corrected chi connectivity index (χ1v) is 9.94. The zero-order valence-corrected chi connectivity index (χ0v) is 17.1. The molecule has 1 atom stereocenters. The second kappa shape index (κ2) is 7.26. The zero-order valence-electron chi connectivity index (χ0n) is 16.3. The van der Waals surface area contributed by atoms with Gasteiger partial charge in [0.1, 0.15) is 11.4 Å². The van der Waals surface area contributed by atoms with Gasteiger partial charge in [-0.05, 0) is 41.7 Å². The van der Waals surface area contributed by atoms with Crippen molar-refractivity contribution < 1.29 is 18.6 Å². The smallest absolute Gasteiger partial charge is 0.267 e. The van der Waals surface area contributed by atoms with E-state index in [1.54, 1.807) is 30.6 Å². The molecule has 1 unspecified atom stereocenters. The number of aliphatic hydroxyl groups is 1. The summed E-state index contributed by atoms with van der Waals surface area (Å²) in [5.74, 6) is 0.702. The summed E-state index contributed by atoms with van der Waals surface area (Å²) in [7, 11) is 0. The molecule has 0 spiro atoms. The highest BCUT2D eigenvalue weighted by Gasteiger charge is 2.44. The molecule has 7 heteroatoms. The summed E-state index contributed by atoms with van der Waals surface area (Å²) in [6.07, 6.45) is 0.757. The van der Waals surface area contributed by atoms with Crippen molar-refractivity contribution in [3.63, 3.8) is 0 Å². The molecule has 4 rings (SSSR count). The Labute approximate surface area is 172 Å². The van der Waals surface area contributed by atoms with Crippen molar-refractivity contribution in [1.29, 1.82) is 0 Å². The molecule has 29 heavy (non-hydrogen) atoms. The molecule has 4 nitrogen and oxygen atoms in total. The fourth-order valence-electron chi connectivity index (χ4n) is 4.31. The first-order chi connectivity index (χ1) is 13.7. The minimum absolute atomic E-state index is 0.151. The van der Waals surface area contributed by atoms with Crippen molar-refractivity contribution in [2.45, 2.75) is 50.6 Å². The number of nitrogens with zero attached hydrogens (tertiary/aromatic N) is 1. The highest BCUT2D eigenvalue weighted by atomic mass is 35.5. The van der Waals surface area contributed by atoms with Crippen LogP contribution < -0.4 is 4.74 Å². The van der Waals surface area contributed by atoms with Gasteiger partial charge < -0.3 is 14.8 Å². The number of aromatic amines is 1. The van der Waals surface area contributed by atoms with E-state index in [4.69, 9.17) is 16.3 Å². The van der Waals surface area contributed by atoms with E-state index in [1.165, 1.54) is 0 Å². The van der Waals surface area contributed by atoms with E-state index in [-0.39, 0.29) is 12.8 Å². The van der Waals surface area contributed by atoms with Gasteiger partial charge in [0.15, 0.2) is 0 Å². The summed E-state index contributed by atoms with van der Waals surface area (Å²) in [6, 6.07) is 7.13. The summed E-state index contributed by atoms with van der Waals surface area (Å²) >= 11 is 6.27. The van der Waals surface area contributed by atoms with E-state index in [1.807, 2.05) is 19.9 Å². The summed E-state index contributed by atoms with van der Waals surface area (Å²) in [5, 5.41) is 12.4. The molecule has 0 aliphatic carbocycles. The van der Waals surface area contributed by atoms with Crippen LogP contribution >= 0.6 is 11.6 Å². The summed E-state index contributed by atoms with van der Waals surface area (Å²) in [5.41, 5.74) is 0.0664. The number of hydrogen-bond acceptors (Lipinski definition) is 3. The maximum absolute atomic E-state index is 14.1. The Morgan fingerprint density at radius 3 is 2.83 bits per heavy atom. The molecule has 2 aromatic heterocycles. The number of nitrogens with one attached hydrogen (secondary N) is 1. The van der Waals surface area contributed by atoms with Gasteiger partial charge in [-0.3, -0.25) is 4.98 Å². The molecular formula is C22H23ClF2N2O2. The number of benzene rings is 1. The van der Waals surface area contributed by atoms with Crippen LogP contribution in [0.4, 0.5) is 8.78 Å². The number of halogens is 3. The maximum Gasteiger partial charge on any atom is 0.267 e. The topological polar surface area (TPSA) is 58.1 Å². The van der Waals surface area contributed by atoms with Crippen molar-refractivity contribution in [1.82, 2.24) is 9.97 Å². The molecule has 0 bridgehead atoms.